The minimum absolute atomic E-state index is 0.0229. The first kappa shape index (κ1) is 17.7. The highest BCUT2D eigenvalue weighted by molar-refractivity contribution is 5.87. The van der Waals surface area contributed by atoms with Crippen LogP contribution in [0.5, 0.6) is 5.75 Å². The van der Waals surface area contributed by atoms with E-state index >= 15 is 0 Å². The highest BCUT2D eigenvalue weighted by Crippen LogP contribution is 2.38. The van der Waals surface area contributed by atoms with Gasteiger partial charge in [-0.15, -0.1) is 0 Å². The molecule has 7 heteroatoms. The van der Waals surface area contributed by atoms with Crippen molar-refractivity contribution in [1.29, 1.82) is 0 Å². The number of rotatable bonds is 2. The van der Waals surface area contributed by atoms with Crippen LogP contribution in [-0.2, 0) is 11.0 Å². The third kappa shape index (κ3) is 3.08. The van der Waals surface area contributed by atoms with Crippen LogP contribution >= 0.6 is 0 Å². The lowest BCUT2D eigenvalue weighted by Crippen LogP contribution is -2.16. The number of carbonyl (C=O) groups excluding carboxylic acids is 1. The van der Waals surface area contributed by atoms with Crippen LogP contribution in [0.2, 0.25) is 0 Å². The third-order valence-corrected chi connectivity index (χ3v) is 3.83. The van der Waals surface area contributed by atoms with Gasteiger partial charge in [-0.25, -0.2) is 0 Å². The summed E-state index contributed by atoms with van der Waals surface area (Å²) in [6, 6.07) is 10.2. The van der Waals surface area contributed by atoms with Crippen molar-refractivity contribution in [1.82, 2.24) is 0 Å². The molecule has 0 spiro atoms. The van der Waals surface area contributed by atoms with Crippen LogP contribution in [0.3, 0.4) is 0 Å². The van der Waals surface area contributed by atoms with Crippen LogP contribution in [-0.4, -0.2) is 5.97 Å². The average molecular weight is 362 g/mol. The molecule has 134 valence electrons. The second-order valence-electron chi connectivity index (χ2n) is 5.66. The molecule has 0 aliphatic heterocycles. The number of aryl methyl sites for hydroxylation is 1. The van der Waals surface area contributed by atoms with Gasteiger partial charge >= 0.3 is 12.1 Å². The molecule has 0 saturated carbocycles. The highest BCUT2D eigenvalue weighted by Gasteiger charge is 2.39. The van der Waals surface area contributed by atoms with Crippen LogP contribution in [0.25, 0.3) is 22.1 Å². The molecule has 0 bridgehead atoms. The van der Waals surface area contributed by atoms with Gasteiger partial charge < -0.3 is 9.15 Å². The predicted molar refractivity (Wildman–Crippen MR) is 89.0 cm³/mol. The molecule has 3 aromatic rings. The van der Waals surface area contributed by atoms with E-state index in [1.165, 1.54) is 50.2 Å². The van der Waals surface area contributed by atoms with Gasteiger partial charge in [-0.05, 0) is 24.6 Å². The van der Waals surface area contributed by atoms with Gasteiger partial charge in [0.25, 0.3) is 0 Å². The number of alkyl halides is 3. The van der Waals surface area contributed by atoms with Crippen LogP contribution in [0.1, 0.15) is 18.2 Å². The Bertz CT molecular complexity index is 1050. The molecule has 1 aromatic heterocycles. The summed E-state index contributed by atoms with van der Waals surface area (Å²) in [5, 5.41) is -0.0229. The molecule has 0 N–H and O–H groups in total. The normalized spacial score (nSPS) is 11.6. The number of ether oxygens (including phenoxy) is 1. The fraction of sp³-hybridized carbons (Fsp3) is 0.158. The molecule has 0 amide bonds. The molecule has 1 heterocycles. The summed E-state index contributed by atoms with van der Waals surface area (Å²) in [6.07, 6.45) is -4.87. The third-order valence-electron chi connectivity index (χ3n) is 3.83. The van der Waals surface area contributed by atoms with Gasteiger partial charge in [0.1, 0.15) is 11.3 Å². The van der Waals surface area contributed by atoms with E-state index in [1.54, 1.807) is 6.07 Å². The van der Waals surface area contributed by atoms with E-state index in [0.717, 1.165) is 0 Å². The highest BCUT2D eigenvalue weighted by atomic mass is 19.4. The molecule has 0 aliphatic carbocycles. The molecule has 3 rings (SSSR count). The maximum absolute atomic E-state index is 13.6. The Hall–Kier alpha value is -3.09. The van der Waals surface area contributed by atoms with E-state index in [2.05, 4.69) is 0 Å². The number of carbonyl (C=O) groups is 1. The maximum atomic E-state index is 13.6. The molecule has 4 nitrogen and oxygen atoms in total. The number of hydrogen-bond acceptors (Lipinski definition) is 4. The zero-order valence-corrected chi connectivity index (χ0v) is 13.8. The van der Waals surface area contributed by atoms with Crippen molar-refractivity contribution in [3.05, 3.63) is 64.0 Å². The predicted octanol–water partition coefficient (Wildman–Crippen LogP) is 4.71. The molecular weight excluding hydrogens is 349 g/mol. The second-order valence-corrected chi connectivity index (χ2v) is 5.66. The van der Waals surface area contributed by atoms with Crippen LogP contribution in [0.15, 0.2) is 51.7 Å². The SMILES string of the molecule is CC(=O)Oc1ccc2c(=O)c(-c3ccccc3)c(C(F)(F)F)oc2c1C. The standard InChI is InChI=1S/C19H13F3O4/c1-10-14(25-11(2)23)9-8-13-16(24)15(12-6-4-3-5-7-12)18(19(20,21)22)26-17(10)13/h3-9H,1-2H3. The molecule has 0 fully saturated rings. The number of halogens is 3. The number of fused-ring (bicyclic) bond motifs is 1. The smallest absolute Gasteiger partial charge is 0.450 e. The minimum Gasteiger partial charge on any atom is -0.450 e. The van der Waals surface area contributed by atoms with Crippen molar-refractivity contribution in [3.8, 4) is 16.9 Å². The summed E-state index contributed by atoms with van der Waals surface area (Å²) in [5.74, 6) is -1.98. The quantitative estimate of drug-likeness (QED) is 0.489. The van der Waals surface area contributed by atoms with Gasteiger partial charge in [-0.3, -0.25) is 9.59 Å². The summed E-state index contributed by atoms with van der Waals surface area (Å²) in [7, 11) is 0. The molecule has 2 aromatic carbocycles. The fourth-order valence-electron chi connectivity index (χ4n) is 2.71. The van der Waals surface area contributed by atoms with E-state index in [4.69, 9.17) is 9.15 Å². The van der Waals surface area contributed by atoms with Crippen LogP contribution < -0.4 is 10.2 Å². The van der Waals surface area contributed by atoms with Gasteiger partial charge in [0.15, 0.2) is 0 Å². The Kier molecular flexibility index (Phi) is 4.31. The average Bonchev–Trinajstić information content (AvgIpc) is 2.57. The minimum atomic E-state index is -4.87. The maximum Gasteiger partial charge on any atom is 0.450 e. The zero-order chi connectivity index (χ0) is 19.1. The Labute approximate surface area is 145 Å². The number of esters is 1. The molecular formula is C19H13F3O4. The van der Waals surface area contributed by atoms with E-state index in [0.29, 0.717) is 0 Å². The van der Waals surface area contributed by atoms with Crippen molar-refractivity contribution in [2.75, 3.05) is 0 Å². The van der Waals surface area contributed by atoms with Gasteiger partial charge in [-0.1, -0.05) is 30.3 Å². The summed E-state index contributed by atoms with van der Waals surface area (Å²) in [6.45, 7) is 2.59. The van der Waals surface area contributed by atoms with Crippen LogP contribution in [0.4, 0.5) is 13.2 Å². The summed E-state index contributed by atoms with van der Waals surface area (Å²) < 4.78 is 50.8. The molecule has 0 aliphatic rings. The Morgan fingerprint density at radius 3 is 2.31 bits per heavy atom. The summed E-state index contributed by atoms with van der Waals surface area (Å²) in [5.41, 5.74) is -1.37. The van der Waals surface area contributed by atoms with Crippen molar-refractivity contribution in [3.63, 3.8) is 0 Å². The molecule has 26 heavy (non-hydrogen) atoms. The number of hydrogen-bond donors (Lipinski definition) is 0. The first-order chi connectivity index (χ1) is 12.2. The Morgan fingerprint density at radius 1 is 1.08 bits per heavy atom. The van der Waals surface area contributed by atoms with E-state index < -0.39 is 28.9 Å². The van der Waals surface area contributed by atoms with Crippen molar-refractivity contribution in [2.24, 2.45) is 0 Å². The second kappa shape index (κ2) is 6.33. The zero-order valence-electron chi connectivity index (χ0n) is 13.8. The number of benzene rings is 2. The first-order valence-electron chi connectivity index (χ1n) is 7.61. The molecule has 0 saturated heterocycles. The fourth-order valence-corrected chi connectivity index (χ4v) is 2.71. The van der Waals surface area contributed by atoms with Gasteiger partial charge in [-0.2, -0.15) is 13.2 Å². The summed E-state index contributed by atoms with van der Waals surface area (Å²) >= 11 is 0. The van der Waals surface area contributed by atoms with E-state index in [-0.39, 0.29) is 27.8 Å². The lowest BCUT2D eigenvalue weighted by atomic mass is 10.0. The summed E-state index contributed by atoms with van der Waals surface area (Å²) in [4.78, 5) is 24.0. The van der Waals surface area contributed by atoms with Crippen molar-refractivity contribution in [2.45, 2.75) is 20.0 Å². The topological polar surface area (TPSA) is 56.5 Å². The molecule has 0 unspecified atom stereocenters. The van der Waals surface area contributed by atoms with Crippen molar-refractivity contribution < 1.29 is 27.1 Å². The van der Waals surface area contributed by atoms with E-state index in [9.17, 15) is 22.8 Å². The Morgan fingerprint density at radius 2 is 1.73 bits per heavy atom. The first-order valence-corrected chi connectivity index (χ1v) is 7.61. The van der Waals surface area contributed by atoms with Gasteiger partial charge in [0.05, 0.1) is 10.9 Å². The monoisotopic (exact) mass is 362 g/mol. The van der Waals surface area contributed by atoms with Gasteiger partial charge in [0.2, 0.25) is 11.2 Å². The van der Waals surface area contributed by atoms with Gasteiger partial charge in [0, 0.05) is 12.5 Å². The van der Waals surface area contributed by atoms with Crippen LogP contribution in [0, 0.1) is 6.92 Å². The lowest BCUT2D eigenvalue weighted by molar-refractivity contribution is -0.152. The largest absolute Gasteiger partial charge is 0.450 e. The van der Waals surface area contributed by atoms with Crippen molar-refractivity contribution >= 4 is 16.9 Å². The Balaban J connectivity index is 2.41. The molecule has 0 radical (unpaired) electrons. The van der Waals surface area contributed by atoms with E-state index in [1.807, 2.05) is 0 Å². The molecule has 0 atom stereocenters. The lowest BCUT2D eigenvalue weighted by Gasteiger charge is -2.14.